The van der Waals surface area contributed by atoms with Gasteiger partial charge in [-0.1, -0.05) is 26.0 Å². The van der Waals surface area contributed by atoms with Gasteiger partial charge >= 0.3 is 5.97 Å². The molecule has 2 aromatic carbocycles. The molecule has 1 heterocycles. The molecule has 0 amide bonds. The summed E-state index contributed by atoms with van der Waals surface area (Å²) in [5.41, 5.74) is 0.971. The molecule has 0 radical (unpaired) electrons. The molecular weight excluding hydrogens is 534 g/mol. The fourth-order valence-corrected chi connectivity index (χ4v) is 8.23. The van der Waals surface area contributed by atoms with E-state index in [1.807, 2.05) is 31.9 Å². The average Bonchev–Trinajstić information content (AvgIpc) is 3.32. The van der Waals surface area contributed by atoms with Crippen LogP contribution in [0, 0.1) is 29.4 Å². The number of carboxylic acids is 1. The largest absolute Gasteiger partial charge is 0.480 e. The molecule has 1 aliphatic heterocycles. The molecule has 1 saturated heterocycles. The Balaban J connectivity index is 1.37. The van der Waals surface area contributed by atoms with Crippen LogP contribution in [0.3, 0.4) is 0 Å². The van der Waals surface area contributed by atoms with Crippen LogP contribution < -0.4 is 0 Å². The first-order valence-corrected chi connectivity index (χ1v) is 16.0. The van der Waals surface area contributed by atoms with E-state index in [2.05, 4.69) is 4.90 Å². The van der Waals surface area contributed by atoms with Crippen molar-refractivity contribution in [3.8, 4) is 0 Å². The highest BCUT2D eigenvalue weighted by atomic mass is 32.2. The molecule has 6 nitrogen and oxygen atoms in total. The summed E-state index contributed by atoms with van der Waals surface area (Å²) in [5.74, 6) is -0.762. The zero-order valence-corrected chi connectivity index (χ0v) is 24.5. The second kappa shape index (κ2) is 13.1. The van der Waals surface area contributed by atoms with Crippen molar-refractivity contribution in [3.63, 3.8) is 0 Å². The molecule has 1 saturated carbocycles. The molecule has 0 aromatic heterocycles. The van der Waals surface area contributed by atoms with Crippen LogP contribution in [0.25, 0.3) is 0 Å². The second-order valence-corrected chi connectivity index (χ2v) is 14.2. The number of nitrogens with zero attached hydrogens (tertiary/aromatic N) is 2. The van der Waals surface area contributed by atoms with Gasteiger partial charge in [0.2, 0.25) is 0 Å². The molecule has 2 fully saturated rings. The van der Waals surface area contributed by atoms with Gasteiger partial charge in [0.15, 0.2) is 9.84 Å². The van der Waals surface area contributed by atoms with Crippen molar-refractivity contribution in [1.29, 1.82) is 0 Å². The SMILES string of the molecule is CC(C)[C@H](C(=O)O)N(C)[C@H]1C[C@H](CN2CCC(CCS(=O)(=O)c3ccc(F)cc3)CC2)[C@@H](c2cccc(F)c2)C1. The van der Waals surface area contributed by atoms with E-state index in [0.717, 1.165) is 50.9 Å². The molecule has 2 aliphatic rings. The van der Waals surface area contributed by atoms with Gasteiger partial charge in [-0.2, -0.15) is 0 Å². The van der Waals surface area contributed by atoms with Gasteiger partial charge in [0.1, 0.15) is 17.7 Å². The topological polar surface area (TPSA) is 77.9 Å². The van der Waals surface area contributed by atoms with E-state index in [9.17, 15) is 27.1 Å². The number of hydrogen-bond donors (Lipinski definition) is 1. The first kappa shape index (κ1) is 30.6. The van der Waals surface area contributed by atoms with Crippen molar-refractivity contribution in [2.24, 2.45) is 17.8 Å². The van der Waals surface area contributed by atoms with Crippen molar-refractivity contribution in [2.45, 2.75) is 68.8 Å². The maximum absolute atomic E-state index is 14.2. The Hall–Kier alpha value is -2.36. The lowest BCUT2D eigenvalue weighted by Gasteiger charge is -2.35. The molecule has 4 rings (SSSR count). The van der Waals surface area contributed by atoms with Crippen LogP contribution in [0.15, 0.2) is 53.4 Å². The zero-order chi connectivity index (χ0) is 29.0. The van der Waals surface area contributed by atoms with Gasteiger partial charge in [0, 0.05) is 12.6 Å². The Morgan fingerprint density at radius 3 is 2.33 bits per heavy atom. The second-order valence-electron chi connectivity index (χ2n) is 12.0. The van der Waals surface area contributed by atoms with E-state index < -0.39 is 27.7 Å². The first-order chi connectivity index (χ1) is 18.9. The highest BCUT2D eigenvalue weighted by molar-refractivity contribution is 7.91. The monoisotopic (exact) mass is 576 g/mol. The first-order valence-electron chi connectivity index (χ1n) is 14.4. The fraction of sp³-hybridized carbons (Fsp3) is 0.581. The molecular formula is C31H42F2N2O4S. The third-order valence-electron chi connectivity index (χ3n) is 9.01. The van der Waals surface area contributed by atoms with E-state index in [4.69, 9.17) is 0 Å². The molecule has 0 spiro atoms. The lowest BCUT2D eigenvalue weighted by atomic mass is 9.87. The third kappa shape index (κ3) is 7.47. The highest BCUT2D eigenvalue weighted by Crippen LogP contribution is 2.43. The highest BCUT2D eigenvalue weighted by Gasteiger charge is 2.41. The summed E-state index contributed by atoms with van der Waals surface area (Å²) in [7, 11) is -1.54. The number of carboxylic acid groups (broad SMARTS) is 1. The lowest BCUT2D eigenvalue weighted by molar-refractivity contribution is -0.145. The average molecular weight is 577 g/mol. The van der Waals surface area contributed by atoms with Crippen LogP contribution in [0.4, 0.5) is 8.78 Å². The van der Waals surface area contributed by atoms with Crippen molar-refractivity contribution >= 4 is 15.8 Å². The number of sulfone groups is 1. The summed E-state index contributed by atoms with van der Waals surface area (Å²) in [6.45, 7) is 6.46. The standard InChI is InChI=1S/C31H42F2N2O4S/c1-21(2)30(31(36)37)34(3)27-18-24(29(19-27)23-5-4-6-26(33)17-23)20-35-14-11-22(12-15-35)13-16-40(38,39)28-9-7-25(32)8-10-28/h4-10,17,21-22,24,27,29-30H,11-16,18-20H2,1-3H3,(H,36,37)/t24-,27+,29-,30-/m1/s1. The van der Waals surface area contributed by atoms with Crippen molar-refractivity contribution in [3.05, 3.63) is 65.7 Å². The number of piperidine rings is 1. The van der Waals surface area contributed by atoms with Crippen LogP contribution in [-0.4, -0.2) is 73.8 Å². The van der Waals surface area contributed by atoms with E-state index in [-0.39, 0.29) is 40.3 Å². The van der Waals surface area contributed by atoms with Crippen molar-refractivity contribution < 1.29 is 27.1 Å². The van der Waals surface area contributed by atoms with Crippen molar-refractivity contribution in [2.75, 3.05) is 32.4 Å². The molecule has 220 valence electrons. The molecule has 9 heteroatoms. The molecule has 0 bridgehead atoms. The van der Waals surface area contributed by atoms with Gasteiger partial charge in [-0.15, -0.1) is 0 Å². The van der Waals surface area contributed by atoms with Gasteiger partial charge in [0.05, 0.1) is 10.6 Å². The maximum atomic E-state index is 14.2. The van der Waals surface area contributed by atoms with Crippen LogP contribution in [0.2, 0.25) is 0 Å². The zero-order valence-electron chi connectivity index (χ0n) is 23.7. The lowest BCUT2D eigenvalue weighted by Crippen LogP contribution is -2.47. The normalized spacial score (nSPS) is 23.6. The van der Waals surface area contributed by atoms with Gasteiger partial charge in [-0.3, -0.25) is 9.69 Å². The van der Waals surface area contributed by atoms with Crippen LogP contribution in [-0.2, 0) is 14.6 Å². The van der Waals surface area contributed by atoms with E-state index >= 15 is 0 Å². The molecule has 40 heavy (non-hydrogen) atoms. The number of likely N-dealkylation sites (tertiary alicyclic amines) is 1. The summed E-state index contributed by atoms with van der Waals surface area (Å²) >= 11 is 0. The summed E-state index contributed by atoms with van der Waals surface area (Å²) in [6.07, 6.45) is 4.05. The van der Waals surface area contributed by atoms with Crippen LogP contribution >= 0.6 is 0 Å². The maximum Gasteiger partial charge on any atom is 0.321 e. The Morgan fingerprint density at radius 2 is 1.73 bits per heavy atom. The number of rotatable bonds is 11. The summed E-state index contributed by atoms with van der Waals surface area (Å²) in [4.78, 5) is 16.6. The predicted molar refractivity (Wildman–Crippen MR) is 152 cm³/mol. The predicted octanol–water partition coefficient (Wildman–Crippen LogP) is 5.44. The number of carbonyl (C=O) groups is 1. The Morgan fingerprint density at radius 1 is 1.05 bits per heavy atom. The quantitative estimate of drug-likeness (QED) is 0.359. The smallest absolute Gasteiger partial charge is 0.321 e. The minimum Gasteiger partial charge on any atom is -0.480 e. The van der Waals surface area contributed by atoms with E-state index in [1.54, 1.807) is 12.1 Å². The van der Waals surface area contributed by atoms with Crippen LogP contribution in [0.5, 0.6) is 0 Å². The fourth-order valence-electron chi connectivity index (χ4n) is 6.80. The van der Waals surface area contributed by atoms with Gasteiger partial charge in [-0.05, 0) is 118 Å². The summed E-state index contributed by atoms with van der Waals surface area (Å²) < 4.78 is 52.7. The minimum atomic E-state index is -3.44. The minimum absolute atomic E-state index is 0.0277. The molecule has 1 aliphatic carbocycles. The number of halogens is 2. The summed E-state index contributed by atoms with van der Waals surface area (Å²) in [5, 5.41) is 9.86. The Bertz CT molecular complexity index is 1250. The van der Waals surface area contributed by atoms with Gasteiger partial charge in [0.25, 0.3) is 0 Å². The third-order valence-corrected chi connectivity index (χ3v) is 10.8. The number of hydrogen-bond acceptors (Lipinski definition) is 5. The van der Waals surface area contributed by atoms with Crippen LogP contribution in [0.1, 0.15) is 57.4 Å². The van der Waals surface area contributed by atoms with E-state index in [0.29, 0.717) is 12.3 Å². The summed E-state index contributed by atoms with van der Waals surface area (Å²) in [6, 6.07) is 11.3. The Labute approximate surface area is 237 Å². The van der Waals surface area contributed by atoms with Gasteiger partial charge in [-0.25, -0.2) is 17.2 Å². The number of aliphatic carboxylic acids is 1. The molecule has 1 N–H and O–H groups in total. The molecule has 2 aromatic rings. The number of likely N-dealkylation sites (N-methyl/N-ethyl adjacent to an activating group) is 1. The van der Waals surface area contributed by atoms with E-state index in [1.165, 1.54) is 30.3 Å². The van der Waals surface area contributed by atoms with Gasteiger partial charge < -0.3 is 10.0 Å². The van der Waals surface area contributed by atoms with Crippen molar-refractivity contribution in [1.82, 2.24) is 9.80 Å². The Kier molecular flexibility index (Phi) is 10.0. The number of benzene rings is 2. The molecule has 4 atom stereocenters. The molecule has 0 unspecified atom stereocenters.